The number of hydrogen-bond acceptors (Lipinski definition) is 0. The molecule has 0 spiro atoms. The molecule has 0 saturated heterocycles. The summed E-state index contributed by atoms with van der Waals surface area (Å²) < 4.78 is 29.0. The van der Waals surface area contributed by atoms with Crippen LogP contribution in [0.5, 0.6) is 0 Å². The number of halogens is 4. The molecular formula is HBF3INa. The van der Waals surface area contributed by atoms with E-state index in [0.717, 1.165) is 0 Å². The summed E-state index contributed by atoms with van der Waals surface area (Å²) in [4.78, 5) is 0. The third-order valence-electron chi connectivity index (χ3n) is 0. The minimum atomic E-state index is -3.67. The molecule has 6 heteroatoms. The van der Waals surface area contributed by atoms with Crippen LogP contribution in [0.15, 0.2) is 0 Å². The van der Waals surface area contributed by atoms with E-state index in [1.165, 1.54) is 0 Å². The molecule has 0 aliphatic rings. The van der Waals surface area contributed by atoms with E-state index in [9.17, 15) is 12.9 Å². The molecule has 33 valence electrons. The fourth-order valence-electron chi connectivity index (χ4n) is 0. The maximum Gasteiger partial charge on any atom is 0.762 e. The smallest absolute Gasteiger partial charge is 0.254 e. The van der Waals surface area contributed by atoms with Crippen LogP contribution < -0.4 is 0 Å². The van der Waals surface area contributed by atoms with Gasteiger partial charge in [0.15, 0.2) is 0 Å². The van der Waals surface area contributed by atoms with Crippen molar-refractivity contribution in [3.8, 4) is 0 Å². The molecule has 0 nitrogen and oxygen atoms in total. The van der Waals surface area contributed by atoms with Crippen LogP contribution in [0.4, 0.5) is 12.9 Å². The Morgan fingerprint density at radius 1 is 1.00 bits per heavy atom. The topological polar surface area (TPSA) is 0 Å². The molecule has 1 radical (unpaired) electrons. The molecule has 6 heavy (non-hydrogen) atoms. The van der Waals surface area contributed by atoms with Crippen molar-refractivity contribution in [3.63, 3.8) is 0 Å². The Bertz CT molecular complexity index is 15.5. The second kappa shape index (κ2) is 9.77. The van der Waals surface area contributed by atoms with Crippen LogP contribution in [-0.4, -0.2) is 37.1 Å². The van der Waals surface area contributed by atoms with Crippen LogP contribution in [-0.2, 0) is 0 Å². The van der Waals surface area contributed by atoms with Crippen molar-refractivity contribution >= 4 is 61.1 Å². The first-order chi connectivity index (χ1) is 1.73. The molecule has 0 unspecified atom stereocenters. The van der Waals surface area contributed by atoms with Crippen molar-refractivity contribution < 1.29 is 12.9 Å². The van der Waals surface area contributed by atoms with Crippen LogP contribution in [0.3, 0.4) is 0 Å². The fraction of sp³-hybridized carbons (Fsp3) is 0. The van der Waals surface area contributed by atoms with E-state index in [4.69, 9.17) is 0 Å². The van der Waals surface area contributed by atoms with Gasteiger partial charge in [0.25, 0.3) is 0 Å². The van der Waals surface area contributed by atoms with E-state index in [-0.39, 0.29) is 53.5 Å². The van der Waals surface area contributed by atoms with Gasteiger partial charge < -0.3 is 0 Å². The normalized spacial score (nSPS) is 4.50. The van der Waals surface area contributed by atoms with Crippen LogP contribution in [0, 0.1) is 0 Å². The summed E-state index contributed by atoms with van der Waals surface area (Å²) in [6.07, 6.45) is 0. The molecular weight excluding hydrogens is 218 g/mol. The summed E-state index contributed by atoms with van der Waals surface area (Å²) in [7, 11) is -3.67. The average Bonchev–Trinajstić information content (AvgIpc) is 0.811. The van der Waals surface area contributed by atoms with Crippen molar-refractivity contribution in [2.24, 2.45) is 0 Å². The average molecular weight is 219 g/mol. The molecule has 0 N–H and O–H groups in total. The summed E-state index contributed by atoms with van der Waals surface area (Å²) in [5.41, 5.74) is 0. The second-order valence-corrected chi connectivity index (χ2v) is 0.247. The predicted octanol–water partition coefficient (Wildman–Crippen LogP) is 1.12. The van der Waals surface area contributed by atoms with Gasteiger partial charge in [-0.15, -0.1) is 24.0 Å². The minimum absolute atomic E-state index is 0. The summed E-state index contributed by atoms with van der Waals surface area (Å²) in [5.74, 6) is 0. The maximum absolute atomic E-state index is 9.67. The van der Waals surface area contributed by atoms with Crippen LogP contribution in [0.2, 0.25) is 0 Å². The first-order valence-corrected chi connectivity index (χ1v) is 0.655. The summed E-state index contributed by atoms with van der Waals surface area (Å²) >= 11 is 0. The van der Waals surface area contributed by atoms with Gasteiger partial charge in [-0.2, -0.15) is 0 Å². The Labute approximate surface area is 73.4 Å². The largest absolute Gasteiger partial charge is 0.762 e. The molecule has 0 aromatic carbocycles. The van der Waals surface area contributed by atoms with Gasteiger partial charge in [0.2, 0.25) is 0 Å². The van der Waals surface area contributed by atoms with Crippen molar-refractivity contribution in [1.29, 1.82) is 0 Å². The fourth-order valence-corrected chi connectivity index (χ4v) is 0. The molecule has 0 aromatic rings. The van der Waals surface area contributed by atoms with E-state index < -0.39 is 7.54 Å². The van der Waals surface area contributed by atoms with Gasteiger partial charge in [-0.1, -0.05) is 0 Å². The standard InChI is InChI=1S/BF3.HI.Na/c2-1(3)4;;/h;1H;. The molecule has 0 heterocycles. The maximum atomic E-state index is 9.67. The minimum Gasteiger partial charge on any atom is -0.254 e. The first kappa shape index (κ1) is 15.6. The third kappa shape index (κ3) is 46.7. The summed E-state index contributed by atoms with van der Waals surface area (Å²) in [6, 6.07) is 0. The van der Waals surface area contributed by atoms with E-state index >= 15 is 0 Å². The van der Waals surface area contributed by atoms with Gasteiger partial charge in [0, 0.05) is 29.6 Å². The molecule has 0 aromatic heterocycles. The van der Waals surface area contributed by atoms with Crippen molar-refractivity contribution in [1.82, 2.24) is 0 Å². The molecule has 0 amide bonds. The van der Waals surface area contributed by atoms with Gasteiger partial charge >= 0.3 is 7.54 Å². The first-order valence-electron chi connectivity index (χ1n) is 0.655. The van der Waals surface area contributed by atoms with E-state index in [2.05, 4.69) is 0 Å². The van der Waals surface area contributed by atoms with Crippen molar-refractivity contribution in [2.45, 2.75) is 0 Å². The van der Waals surface area contributed by atoms with Crippen LogP contribution >= 0.6 is 24.0 Å². The number of hydrogen-bond donors (Lipinski definition) is 0. The zero-order chi connectivity index (χ0) is 3.58. The van der Waals surface area contributed by atoms with E-state index in [1.54, 1.807) is 0 Å². The number of rotatable bonds is 0. The molecule has 0 aliphatic carbocycles. The molecule has 0 saturated carbocycles. The van der Waals surface area contributed by atoms with Gasteiger partial charge in [0.1, 0.15) is 0 Å². The molecule has 0 aliphatic heterocycles. The van der Waals surface area contributed by atoms with Crippen LogP contribution in [0.1, 0.15) is 0 Å². The van der Waals surface area contributed by atoms with E-state index in [0.29, 0.717) is 0 Å². The van der Waals surface area contributed by atoms with Gasteiger partial charge in [-0.25, -0.2) is 0 Å². The molecule has 0 bridgehead atoms. The summed E-state index contributed by atoms with van der Waals surface area (Å²) in [5, 5.41) is 0. The van der Waals surface area contributed by atoms with Gasteiger partial charge in [0.05, 0.1) is 0 Å². The van der Waals surface area contributed by atoms with Gasteiger partial charge in [-0.05, 0) is 0 Å². The summed E-state index contributed by atoms with van der Waals surface area (Å²) in [6.45, 7) is 0. The predicted molar refractivity (Wildman–Crippen MR) is 30.2 cm³/mol. The Kier molecular flexibility index (Phi) is 25.5. The Morgan fingerprint density at radius 2 is 1.00 bits per heavy atom. The molecule has 0 fully saturated rings. The van der Waals surface area contributed by atoms with Crippen molar-refractivity contribution in [3.05, 3.63) is 0 Å². The van der Waals surface area contributed by atoms with Crippen molar-refractivity contribution in [2.75, 3.05) is 0 Å². The Morgan fingerprint density at radius 3 is 1.00 bits per heavy atom. The van der Waals surface area contributed by atoms with E-state index in [1.807, 2.05) is 0 Å². The Balaban J connectivity index is -0.0000000450. The monoisotopic (exact) mass is 219 g/mol. The SMILES string of the molecule is FB(F)F.I.[Na]. The molecule has 0 atom stereocenters. The zero-order valence-corrected chi connectivity index (χ0v) is 7.45. The quantitative estimate of drug-likeness (QED) is 0.422. The second-order valence-electron chi connectivity index (χ2n) is 0.247. The molecule has 0 rings (SSSR count). The Hall–Kier alpha value is 1.58. The van der Waals surface area contributed by atoms with Gasteiger partial charge in [-0.3, -0.25) is 12.9 Å². The third-order valence-corrected chi connectivity index (χ3v) is 0. The van der Waals surface area contributed by atoms with Crippen LogP contribution in [0.25, 0.3) is 0 Å². The zero-order valence-electron chi connectivity index (χ0n) is 3.12.